The van der Waals surface area contributed by atoms with Gasteiger partial charge in [-0.1, -0.05) is 6.92 Å². The van der Waals surface area contributed by atoms with E-state index in [0.29, 0.717) is 6.54 Å². The third-order valence-corrected chi connectivity index (χ3v) is 3.38. The van der Waals surface area contributed by atoms with Crippen LogP contribution in [0.2, 0.25) is 0 Å². The first kappa shape index (κ1) is 12.1. The van der Waals surface area contributed by atoms with E-state index in [2.05, 4.69) is 5.10 Å². The second-order valence-corrected chi connectivity index (χ2v) is 4.55. The van der Waals surface area contributed by atoms with Gasteiger partial charge < -0.3 is 10.6 Å². The Labute approximate surface area is 102 Å². The fraction of sp³-hybridized carbons (Fsp3) is 0.667. The van der Waals surface area contributed by atoms with Crippen LogP contribution in [0.15, 0.2) is 6.20 Å². The Hall–Kier alpha value is -1.36. The molecule has 1 fully saturated rings. The summed E-state index contributed by atoms with van der Waals surface area (Å²) in [6.45, 7) is 3.38. The van der Waals surface area contributed by atoms with Gasteiger partial charge in [-0.05, 0) is 19.3 Å². The van der Waals surface area contributed by atoms with Gasteiger partial charge in [0.2, 0.25) is 0 Å². The molecule has 1 saturated heterocycles. The summed E-state index contributed by atoms with van der Waals surface area (Å²) in [4.78, 5) is 14.3. The molecule has 2 heterocycles. The van der Waals surface area contributed by atoms with Crippen molar-refractivity contribution in [2.75, 3.05) is 13.1 Å². The molecule has 0 aliphatic carbocycles. The van der Waals surface area contributed by atoms with Gasteiger partial charge in [0.15, 0.2) is 0 Å². The molecule has 0 spiro atoms. The molecule has 94 valence electrons. The van der Waals surface area contributed by atoms with Gasteiger partial charge in [0.05, 0.1) is 11.3 Å². The van der Waals surface area contributed by atoms with Crippen LogP contribution < -0.4 is 5.73 Å². The van der Waals surface area contributed by atoms with Crippen molar-refractivity contribution < 1.29 is 4.79 Å². The lowest BCUT2D eigenvalue weighted by Gasteiger charge is -2.23. The van der Waals surface area contributed by atoms with Crippen LogP contribution in [0.25, 0.3) is 0 Å². The lowest BCUT2D eigenvalue weighted by molar-refractivity contribution is 0.0740. The summed E-state index contributed by atoms with van der Waals surface area (Å²) in [7, 11) is 1.85. The minimum atomic E-state index is 0.0860. The van der Waals surface area contributed by atoms with Gasteiger partial charge in [0.25, 0.3) is 5.91 Å². The number of rotatable bonds is 3. The quantitative estimate of drug-likeness (QED) is 0.833. The maximum absolute atomic E-state index is 12.4. The number of hydrogen-bond donors (Lipinski definition) is 1. The third-order valence-electron chi connectivity index (χ3n) is 3.38. The second kappa shape index (κ2) is 4.87. The third kappa shape index (κ3) is 2.20. The smallest absolute Gasteiger partial charge is 0.257 e. The van der Waals surface area contributed by atoms with Crippen molar-refractivity contribution in [2.24, 2.45) is 12.8 Å². The summed E-state index contributed by atoms with van der Waals surface area (Å²) in [6.07, 6.45) is 4.66. The fourth-order valence-electron chi connectivity index (χ4n) is 2.48. The molecule has 2 N–H and O–H groups in total. The summed E-state index contributed by atoms with van der Waals surface area (Å²) in [5, 5.41) is 4.31. The van der Waals surface area contributed by atoms with Crippen molar-refractivity contribution in [3.63, 3.8) is 0 Å². The number of amides is 1. The van der Waals surface area contributed by atoms with Crippen molar-refractivity contribution >= 4 is 5.91 Å². The molecule has 1 atom stereocenters. The molecular formula is C12H20N4O. The second-order valence-electron chi connectivity index (χ2n) is 4.55. The average molecular weight is 236 g/mol. The Morgan fingerprint density at radius 2 is 2.41 bits per heavy atom. The molecule has 17 heavy (non-hydrogen) atoms. The van der Waals surface area contributed by atoms with Crippen molar-refractivity contribution in [1.82, 2.24) is 14.7 Å². The van der Waals surface area contributed by atoms with Crippen molar-refractivity contribution in [2.45, 2.75) is 32.2 Å². The van der Waals surface area contributed by atoms with E-state index >= 15 is 0 Å². The van der Waals surface area contributed by atoms with Gasteiger partial charge in [-0.3, -0.25) is 9.48 Å². The number of likely N-dealkylation sites (tertiary alicyclic amines) is 1. The zero-order chi connectivity index (χ0) is 12.4. The number of aryl methyl sites for hydroxylation is 2. The number of aromatic nitrogens is 2. The Balaban J connectivity index is 2.24. The lowest BCUT2D eigenvalue weighted by Crippen LogP contribution is -2.40. The Bertz CT molecular complexity index is 413. The number of nitrogens with two attached hydrogens (primary N) is 1. The largest absolute Gasteiger partial charge is 0.334 e. The Morgan fingerprint density at radius 1 is 1.65 bits per heavy atom. The zero-order valence-corrected chi connectivity index (χ0v) is 10.5. The SMILES string of the molecule is CCc1nn(C)cc1C(=O)N1CCCC1CN. The van der Waals surface area contributed by atoms with Crippen LogP contribution in [0.1, 0.15) is 35.8 Å². The van der Waals surface area contributed by atoms with Gasteiger partial charge in [0, 0.05) is 32.4 Å². The summed E-state index contributed by atoms with van der Waals surface area (Å²) >= 11 is 0. The van der Waals surface area contributed by atoms with Crippen LogP contribution in [0.5, 0.6) is 0 Å². The summed E-state index contributed by atoms with van der Waals surface area (Å²) in [6, 6.07) is 0.201. The predicted molar refractivity (Wildman–Crippen MR) is 65.7 cm³/mol. The highest BCUT2D eigenvalue weighted by Gasteiger charge is 2.30. The van der Waals surface area contributed by atoms with E-state index in [1.54, 1.807) is 4.68 Å². The van der Waals surface area contributed by atoms with Crippen molar-refractivity contribution in [3.8, 4) is 0 Å². The minimum Gasteiger partial charge on any atom is -0.334 e. The van der Waals surface area contributed by atoms with E-state index in [1.807, 2.05) is 25.1 Å². The molecule has 2 rings (SSSR count). The van der Waals surface area contributed by atoms with Crippen molar-refractivity contribution in [3.05, 3.63) is 17.5 Å². The van der Waals surface area contributed by atoms with Crippen LogP contribution in [0, 0.1) is 0 Å². The first-order chi connectivity index (χ1) is 8.17. The molecule has 1 amide bonds. The highest BCUT2D eigenvalue weighted by Crippen LogP contribution is 2.20. The van der Waals surface area contributed by atoms with Crippen LogP contribution in [0.3, 0.4) is 0 Å². The van der Waals surface area contributed by atoms with Crippen LogP contribution >= 0.6 is 0 Å². The molecule has 1 aromatic rings. The van der Waals surface area contributed by atoms with E-state index in [-0.39, 0.29) is 11.9 Å². The Kier molecular flexibility index (Phi) is 3.47. The van der Waals surface area contributed by atoms with Crippen LogP contribution in [-0.4, -0.2) is 39.7 Å². The van der Waals surface area contributed by atoms with Gasteiger partial charge >= 0.3 is 0 Å². The van der Waals surface area contributed by atoms with E-state index in [9.17, 15) is 4.79 Å². The maximum atomic E-state index is 12.4. The molecule has 0 bridgehead atoms. The van der Waals surface area contributed by atoms with E-state index in [4.69, 9.17) is 5.73 Å². The van der Waals surface area contributed by atoms with Gasteiger partial charge in [0.1, 0.15) is 0 Å². The van der Waals surface area contributed by atoms with Crippen LogP contribution in [-0.2, 0) is 13.5 Å². The standard InChI is InChI=1S/C12H20N4O/c1-3-11-10(8-15(2)14-11)12(17)16-6-4-5-9(16)7-13/h8-9H,3-7,13H2,1-2H3. The molecule has 1 aliphatic rings. The number of hydrogen-bond acceptors (Lipinski definition) is 3. The zero-order valence-electron chi connectivity index (χ0n) is 10.5. The first-order valence-electron chi connectivity index (χ1n) is 6.21. The number of carbonyl (C=O) groups is 1. The summed E-state index contributed by atoms with van der Waals surface area (Å²) < 4.78 is 1.71. The summed E-state index contributed by atoms with van der Waals surface area (Å²) in [5.41, 5.74) is 7.31. The number of carbonyl (C=O) groups excluding carboxylic acids is 1. The molecule has 5 heteroatoms. The van der Waals surface area contributed by atoms with E-state index < -0.39 is 0 Å². The monoisotopic (exact) mass is 236 g/mol. The van der Waals surface area contributed by atoms with E-state index in [1.165, 1.54) is 0 Å². The normalized spacial score (nSPS) is 19.9. The molecule has 0 radical (unpaired) electrons. The Morgan fingerprint density at radius 3 is 3.06 bits per heavy atom. The first-order valence-corrected chi connectivity index (χ1v) is 6.21. The highest BCUT2D eigenvalue weighted by atomic mass is 16.2. The molecule has 0 saturated carbocycles. The van der Waals surface area contributed by atoms with E-state index in [0.717, 1.165) is 37.1 Å². The minimum absolute atomic E-state index is 0.0860. The van der Waals surface area contributed by atoms with Gasteiger partial charge in [-0.25, -0.2) is 0 Å². The highest BCUT2D eigenvalue weighted by molar-refractivity contribution is 5.95. The molecule has 1 aromatic heterocycles. The topological polar surface area (TPSA) is 64.2 Å². The molecular weight excluding hydrogens is 216 g/mol. The average Bonchev–Trinajstić information content (AvgIpc) is 2.93. The molecule has 0 aromatic carbocycles. The van der Waals surface area contributed by atoms with Crippen LogP contribution in [0.4, 0.5) is 0 Å². The lowest BCUT2D eigenvalue weighted by atomic mass is 10.1. The van der Waals surface area contributed by atoms with Gasteiger partial charge in [-0.2, -0.15) is 5.10 Å². The van der Waals surface area contributed by atoms with Crippen molar-refractivity contribution in [1.29, 1.82) is 0 Å². The number of nitrogens with zero attached hydrogens (tertiary/aromatic N) is 3. The maximum Gasteiger partial charge on any atom is 0.257 e. The van der Waals surface area contributed by atoms with Gasteiger partial charge in [-0.15, -0.1) is 0 Å². The summed E-state index contributed by atoms with van der Waals surface area (Å²) in [5.74, 6) is 0.0860. The molecule has 1 aliphatic heterocycles. The molecule has 1 unspecified atom stereocenters. The fourth-order valence-corrected chi connectivity index (χ4v) is 2.48. The molecule has 5 nitrogen and oxygen atoms in total. The predicted octanol–water partition coefficient (Wildman–Crippen LogP) is 0.546.